The molecule has 0 aliphatic heterocycles. The highest BCUT2D eigenvalue weighted by Gasteiger charge is 2.42. The fraction of sp³-hybridized carbons (Fsp3) is 0.562. The van der Waals surface area contributed by atoms with E-state index in [0.717, 1.165) is 18.4 Å². The van der Waals surface area contributed by atoms with Crippen molar-refractivity contribution in [3.05, 3.63) is 35.6 Å². The number of hydrogen-bond acceptors (Lipinski definition) is 3. The van der Waals surface area contributed by atoms with E-state index in [2.05, 4.69) is 0 Å². The standard InChI is InChI=1S/C16H22FNO2/c1-20-15(19)16(11-18,10-12-4-2-3-5-12)13-6-8-14(17)9-7-13/h6-9,12H,2-5,10-11,18H2,1H3. The summed E-state index contributed by atoms with van der Waals surface area (Å²) >= 11 is 0. The maximum atomic E-state index is 13.1. The molecule has 0 radical (unpaired) electrons. The average Bonchev–Trinajstić information content (AvgIpc) is 2.98. The number of hydrogen-bond donors (Lipinski definition) is 1. The van der Waals surface area contributed by atoms with Crippen molar-refractivity contribution >= 4 is 5.97 Å². The number of rotatable bonds is 5. The topological polar surface area (TPSA) is 52.3 Å². The molecule has 1 saturated carbocycles. The van der Waals surface area contributed by atoms with E-state index in [1.165, 1.54) is 32.1 Å². The number of carbonyl (C=O) groups is 1. The van der Waals surface area contributed by atoms with Gasteiger partial charge in [0.2, 0.25) is 0 Å². The van der Waals surface area contributed by atoms with Gasteiger partial charge in [0.1, 0.15) is 11.2 Å². The van der Waals surface area contributed by atoms with E-state index in [9.17, 15) is 9.18 Å². The first kappa shape index (κ1) is 15.0. The Labute approximate surface area is 119 Å². The first-order chi connectivity index (χ1) is 9.62. The van der Waals surface area contributed by atoms with Gasteiger partial charge in [-0.2, -0.15) is 0 Å². The number of benzene rings is 1. The van der Waals surface area contributed by atoms with Crippen LogP contribution in [0.4, 0.5) is 4.39 Å². The third-order valence-corrected chi connectivity index (χ3v) is 4.43. The summed E-state index contributed by atoms with van der Waals surface area (Å²) in [4.78, 5) is 12.3. The van der Waals surface area contributed by atoms with Crippen LogP contribution < -0.4 is 5.73 Å². The van der Waals surface area contributed by atoms with Crippen molar-refractivity contribution in [1.29, 1.82) is 0 Å². The van der Waals surface area contributed by atoms with Crippen LogP contribution in [0.15, 0.2) is 24.3 Å². The van der Waals surface area contributed by atoms with Gasteiger partial charge in [-0.05, 0) is 30.0 Å². The normalized spacial score (nSPS) is 18.8. The lowest BCUT2D eigenvalue weighted by Crippen LogP contribution is -2.45. The molecule has 1 aliphatic rings. The molecule has 1 fully saturated rings. The lowest BCUT2D eigenvalue weighted by Gasteiger charge is -2.32. The van der Waals surface area contributed by atoms with E-state index in [1.54, 1.807) is 12.1 Å². The largest absolute Gasteiger partial charge is 0.468 e. The Balaban J connectivity index is 2.35. The van der Waals surface area contributed by atoms with Crippen molar-refractivity contribution in [3.8, 4) is 0 Å². The Morgan fingerprint density at radius 2 is 1.95 bits per heavy atom. The number of carbonyl (C=O) groups excluding carboxylic acids is 1. The molecule has 0 aromatic heterocycles. The predicted molar refractivity (Wildman–Crippen MR) is 75.7 cm³/mol. The van der Waals surface area contributed by atoms with Gasteiger partial charge in [-0.1, -0.05) is 37.8 Å². The maximum Gasteiger partial charge on any atom is 0.317 e. The molecular weight excluding hydrogens is 257 g/mol. The predicted octanol–water partition coefficient (Wildman–Crippen LogP) is 2.78. The zero-order chi connectivity index (χ0) is 14.6. The van der Waals surface area contributed by atoms with Crippen molar-refractivity contribution in [3.63, 3.8) is 0 Å². The molecule has 2 N–H and O–H groups in total. The molecule has 0 saturated heterocycles. The van der Waals surface area contributed by atoms with E-state index < -0.39 is 5.41 Å². The van der Waals surface area contributed by atoms with Gasteiger partial charge in [-0.15, -0.1) is 0 Å². The second kappa shape index (κ2) is 6.35. The fourth-order valence-electron chi connectivity index (χ4n) is 3.28. The molecule has 2 rings (SSSR count). The number of nitrogens with two attached hydrogens (primary N) is 1. The average molecular weight is 279 g/mol. The first-order valence-corrected chi connectivity index (χ1v) is 7.17. The van der Waals surface area contributed by atoms with Crippen LogP contribution in [-0.4, -0.2) is 19.6 Å². The van der Waals surface area contributed by atoms with Crippen LogP contribution in [0.25, 0.3) is 0 Å². The molecule has 0 heterocycles. The second-order valence-corrected chi connectivity index (χ2v) is 5.64. The summed E-state index contributed by atoms with van der Waals surface area (Å²) in [5.41, 5.74) is 5.84. The number of methoxy groups -OCH3 is 1. The van der Waals surface area contributed by atoms with Crippen LogP contribution in [0, 0.1) is 11.7 Å². The van der Waals surface area contributed by atoms with Crippen LogP contribution in [0.3, 0.4) is 0 Å². The Hall–Kier alpha value is -1.42. The van der Waals surface area contributed by atoms with Gasteiger partial charge >= 0.3 is 5.97 Å². The Morgan fingerprint density at radius 3 is 2.45 bits per heavy atom. The van der Waals surface area contributed by atoms with Crippen molar-refractivity contribution in [2.45, 2.75) is 37.5 Å². The highest BCUT2D eigenvalue weighted by atomic mass is 19.1. The quantitative estimate of drug-likeness (QED) is 0.843. The summed E-state index contributed by atoms with van der Waals surface area (Å²) in [6.07, 6.45) is 5.34. The number of ether oxygens (including phenoxy) is 1. The summed E-state index contributed by atoms with van der Waals surface area (Å²) in [5.74, 6) is -0.147. The third-order valence-electron chi connectivity index (χ3n) is 4.43. The second-order valence-electron chi connectivity index (χ2n) is 5.64. The van der Waals surface area contributed by atoms with E-state index >= 15 is 0 Å². The van der Waals surface area contributed by atoms with Crippen molar-refractivity contribution < 1.29 is 13.9 Å². The molecule has 1 unspecified atom stereocenters. The monoisotopic (exact) mass is 279 g/mol. The highest BCUT2D eigenvalue weighted by molar-refractivity contribution is 5.83. The van der Waals surface area contributed by atoms with Crippen LogP contribution in [0.2, 0.25) is 0 Å². The van der Waals surface area contributed by atoms with Gasteiger partial charge in [0.25, 0.3) is 0 Å². The maximum absolute atomic E-state index is 13.1. The molecule has 3 nitrogen and oxygen atoms in total. The molecule has 0 spiro atoms. The lowest BCUT2D eigenvalue weighted by atomic mass is 9.73. The molecular formula is C16H22FNO2. The summed E-state index contributed by atoms with van der Waals surface area (Å²) in [7, 11) is 1.38. The van der Waals surface area contributed by atoms with Crippen LogP contribution in [0.1, 0.15) is 37.7 Å². The lowest BCUT2D eigenvalue weighted by molar-refractivity contribution is -0.148. The number of esters is 1. The molecule has 1 atom stereocenters. The molecule has 110 valence electrons. The third kappa shape index (κ3) is 2.85. The zero-order valence-electron chi connectivity index (χ0n) is 11.9. The van der Waals surface area contributed by atoms with E-state index in [4.69, 9.17) is 10.5 Å². The minimum absolute atomic E-state index is 0.182. The summed E-state index contributed by atoms with van der Waals surface area (Å²) in [6, 6.07) is 6.04. The minimum atomic E-state index is -0.850. The highest BCUT2D eigenvalue weighted by Crippen LogP contribution is 2.38. The van der Waals surface area contributed by atoms with Crippen LogP contribution >= 0.6 is 0 Å². The first-order valence-electron chi connectivity index (χ1n) is 7.17. The van der Waals surface area contributed by atoms with Crippen LogP contribution in [0.5, 0.6) is 0 Å². The van der Waals surface area contributed by atoms with Gasteiger partial charge < -0.3 is 10.5 Å². The molecule has 1 aromatic rings. The van der Waals surface area contributed by atoms with Gasteiger partial charge in [-0.25, -0.2) is 4.39 Å². The van der Waals surface area contributed by atoms with Gasteiger partial charge in [0.15, 0.2) is 0 Å². The van der Waals surface area contributed by atoms with E-state index in [1.807, 2.05) is 0 Å². The summed E-state index contributed by atoms with van der Waals surface area (Å²) < 4.78 is 18.1. The smallest absolute Gasteiger partial charge is 0.317 e. The van der Waals surface area contributed by atoms with E-state index in [-0.39, 0.29) is 18.3 Å². The SMILES string of the molecule is COC(=O)C(CN)(CC1CCCC1)c1ccc(F)cc1. The summed E-state index contributed by atoms with van der Waals surface area (Å²) in [5, 5.41) is 0. The molecule has 1 aromatic carbocycles. The molecule has 1 aliphatic carbocycles. The Morgan fingerprint density at radius 1 is 1.35 bits per heavy atom. The molecule has 0 bridgehead atoms. The summed E-state index contributed by atoms with van der Waals surface area (Å²) in [6.45, 7) is 0.182. The van der Waals surface area contributed by atoms with E-state index in [0.29, 0.717) is 12.3 Å². The number of halogens is 1. The fourth-order valence-corrected chi connectivity index (χ4v) is 3.28. The Kier molecular flexibility index (Phi) is 4.76. The van der Waals surface area contributed by atoms with Gasteiger partial charge in [0.05, 0.1) is 7.11 Å². The van der Waals surface area contributed by atoms with Crippen molar-refractivity contribution in [2.24, 2.45) is 11.7 Å². The van der Waals surface area contributed by atoms with Crippen molar-refractivity contribution in [1.82, 2.24) is 0 Å². The molecule has 20 heavy (non-hydrogen) atoms. The van der Waals surface area contributed by atoms with Gasteiger partial charge in [-0.3, -0.25) is 4.79 Å². The van der Waals surface area contributed by atoms with Gasteiger partial charge in [0, 0.05) is 6.54 Å². The van der Waals surface area contributed by atoms with Crippen molar-refractivity contribution in [2.75, 3.05) is 13.7 Å². The molecule has 0 amide bonds. The van der Waals surface area contributed by atoms with Crippen LogP contribution in [-0.2, 0) is 14.9 Å². The molecule has 4 heteroatoms. The Bertz CT molecular complexity index is 454. The minimum Gasteiger partial charge on any atom is -0.468 e. The zero-order valence-corrected chi connectivity index (χ0v) is 11.9.